The van der Waals surface area contributed by atoms with Crippen LogP contribution >= 0.6 is 11.6 Å². The van der Waals surface area contributed by atoms with E-state index in [-0.39, 0.29) is 27.6 Å². The van der Waals surface area contributed by atoms with Crippen LogP contribution in [0.1, 0.15) is 23.0 Å². The number of carbonyl (C=O) groups excluding carboxylic acids is 1. The number of hydrogen-bond donors (Lipinski definition) is 1. The molecule has 1 atom stereocenters. The van der Waals surface area contributed by atoms with Gasteiger partial charge in [0.1, 0.15) is 28.9 Å². The molecule has 0 saturated carbocycles. The quantitative estimate of drug-likeness (QED) is 0.925. The molecule has 1 unspecified atom stereocenters. The van der Waals surface area contributed by atoms with Gasteiger partial charge in [0, 0.05) is 7.05 Å². The number of rotatable bonds is 4. The van der Waals surface area contributed by atoms with E-state index in [4.69, 9.17) is 21.2 Å². The molecule has 1 heterocycles. The molecule has 0 bridgehead atoms. The topological polar surface area (TPSA) is 83.6 Å². The first kappa shape index (κ1) is 17.0. The summed E-state index contributed by atoms with van der Waals surface area (Å²) < 4.78 is 19.1. The van der Waals surface area contributed by atoms with E-state index in [1.54, 1.807) is 0 Å². The SMILES string of the molecule is Cc1onc(-c2c(F)cccc2Cl)c1C(=O)N(C)C(C)C(=O)O. The van der Waals surface area contributed by atoms with Crippen LogP contribution in [0, 0.1) is 12.7 Å². The fraction of sp³-hybridized carbons (Fsp3) is 0.267. The van der Waals surface area contributed by atoms with Gasteiger partial charge in [-0.1, -0.05) is 22.8 Å². The maximum atomic E-state index is 14.1. The summed E-state index contributed by atoms with van der Waals surface area (Å²) in [6.07, 6.45) is 0. The molecule has 0 fully saturated rings. The van der Waals surface area contributed by atoms with Crippen LogP contribution in [0.2, 0.25) is 5.02 Å². The van der Waals surface area contributed by atoms with Gasteiger partial charge in [-0.25, -0.2) is 9.18 Å². The Hall–Kier alpha value is -2.41. The molecular weight excluding hydrogens is 327 g/mol. The Morgan fingerprint density at radius 2 is 2.09 bits per heavy atom. The highest BCUT2D eigenvalue weighted by Gasteiger charge is 2.30. The number of amides is 1. The first-order valence-electron chi connectivity index (χ1n) is 6.66. The number of hydrogen-bond acceptors (Lipinski definition) is 4. The molecule has 1 aromatic heterocycles. The van der Waals surface area contributed by atoms with Gasteiger partial charge < -0.3 is 14.5 Å². The van der Waals surface area contributed by atoms with Crippen LogP contribution in [0.5, 0.6) is 0 Å². The van der Waals surface area contributed by atoms with E-state index in [1.807, 2.05) is 0 Å². The van der Waals surface area contributed by atoms with Crippen LogP contribution in [0.4, 0.5) is 4.39 Å². The molecule has 0 aliphatic heterocycles. The van der Waals surface area contributed by atoms with Gasteiger partial charge in [-0.05, 0) is 26.0 Å². The molecule has 0 aliphatic carbocycles. The summed E-state index contributed by atoms with van der Waals surface area (Å²) >= 11 is 6.00. The van der Waals surface area contributed by atoms with Crippen molar-refractivity contribution < 1.29 is 23.6 Å². The van der Waals surface area contributed by atoms with Crippen molar-refractivity contribution in [2.24, 2.45) is 0 Å². The summed E-state index contributed by atoms with van der Waals surface area (Å²) in [5, 5.41) is 12.8. The fourth-order valence-electron chi connectivity index (χ4n) is 2.04. The average molecular weight is 341 g/mol. The molecule has 6 nitrogen and oxygen atoms in total. The highest BCUT2D eigenvalue weighted by atomic mass is 35.5. The third-order valence-electron chi connectivity index (χ3n) is 3.53. The van der Waals surface area contributed by atoms with Crippen LogP contribution in [-0.4, -0.2) is 40.1 Å². The zero-order valence-corrected chi connectivity index (χ0v) is 13.4. The Morgan fingerprint density at radius 3 is 2.65 bits per heavy atom. The minimum absolute atomic E-state index is 0.0207. The van der Waals surface area contributed by atoms with E-state index in [1.165, 1.54) is 39.1 Å². The van der Waals surface area contributed by atoms with Crippen LogP contribution in [0.25, 0.3) is 11.3 Å². The van der Waals surface area contributed by atoms with Gasteiger partial charge in [-0.2, -0.15) is 0 Å². The van der Waals surface area contributed by atoms with Gasteiger partial charge >= 0.3 is 5.97 Å². The van der Waals surface area contributed by atoms with Gasteiger partial charge in [0.15, 0.2) is 0 Å². The molecule has 23 heavy (non-hydrogen) atoms. The van der Waals surface area contributed by atoms with Crippen molar-refractivity contribution in [3.8, 4) is 11.3 Å². The molecule has 122 valence electrons. The summed E-state index contributed by atoms with van der Waals surface area (Å²) in [6, 6.07) is 3.00. The van der Waals surface area contributed by atoms with Crippen LogP contribution in [0.3, 0.4) is 0 Å². The predicted octanol–water partition coefficient (Wildman–Crippen LogP) is 2.99. The molecule has 8 heteroatoms. The van der Waals surface area contributed by atoms with Crippen molar-refractivity contribution in [1.82, 2.24) is 10.1 Å². The van der Waals surface area contributed by atoms with Crippen molar-refractivity contribution in [2.45, 2.75) is 19.9 Å². The number of nitrogens with zero attached hydrogens (tertiary/aromatic N) is 2. The van der Waals surface area contributed by atoms with Crippen LogP contribution in [0.15, 0.2) is 22.7 Å². The Balaban J connectivity index is 2.56. The molecule has 1 amide bonds. The van der Waals surface area contributed by atoms with Gasteiger partial charge in [0.25, 0.3) is 5.91 Å². The fourth-order valence-corrected chi connectivity index (χ4v) is 2.29. The lowest BCUT2D eigenvalue weighted by molar-refractivity contribution is -0.141. The summed E-state index contributed by atoms with van der Waals surface area (Å²) in [6.45, 7) is 2.84. The Morgan fingerprint density at radius 1 is 1.43 bits per heavy atom. The van der Waals surface area contributed by atoms with E-state index < -0.39 is 23.7 Å². The van der Waals surface area contributed by atoms with Crippen molar-refractivity contribution in [1.29, 1.82) is 0 Å². The maximum absolute atomic E-state index is 14.1. The monoisotopic (exact) mass is 340 g/mol. The van der Waals surface area contributed by atoms with E-state index in [2.05, 4.69) is 5.16 Å². The number of carboxylic acid groups (broad SMARTS) is 1. The number of halogens is 2. The molecule has 2 aromatic rings. The number of likely N-dealkylation sites (N-methyl/N-ethyl adjacent to an activating group) is 1. The number of aryl methyl sites for hydroxylation is 1. The van der Waals surface area contributed by atoms with Crippen molar-refractivity contribution in [3.05, 3.63) is 40.4 Å². The first-order chi connectivity index (χ1) is 10.8. The average Bonchev–Trinajstić information content (AvgIpc) is 2.86. The van der Waals surface area contributed by atoms with E-state index in [0.29, 0.717) is 0 Å². The highest BCUT2D eigenvalue weighted by Crippen LogP contribution is 2.34. The number of benzene rings is 1. The van der Waals surface area contributed by atoms with Crippen molar-refractivity contribution in [3.63, 3.8) is 0 Å². The lowest BCUT2D eigenvalue weighted by Gasteiger charge is -2.21. The largest absolute Gasteiger partial charge is 0.480 e. The molecule has 0 spiro atoms. The van der Waals surface area contributed by atoms with Crippen molar-refractivity contribution >= 4 is 23.5 Å². The molecule has 0 saturated heterocycles. The highest BCUT2D eigenvalue weighted by molar-refractivity contribution is 6.33. The lowest BCUT2D eigenvalue weighted by Crippen LogP contribution is -2.40. The predicted molar refractivity (Wildman–Crippen MR) is 80.8 cm³/mol. The summed E-state index contributed by atoms with van der Waals surface area (Å²) in [7, 11) is 1.33. The zero-order chi connectivity index (χ0) is 17.3. The van der Waals surface area contributed by atoms with Gasteiger partial charge in [0.05, 0.1) is 10.6 Å². The first-order valence-corrected chi connectivity index (χ1v) is 7.04. The molecule has 2 rings (SSSR count). The summed E-state index contributed by atoms with van der Waals surface area (Å²) in [5.74, 6) is -2.32. The number of carbonyl (C=O) groups is 2. The molecule has 1 aromatic carbocycles. The second-order valence-electron chi connectivity index (χ2n) is 4.99. The summed E-state index contributed by atoms with van der Waals surface area (Å²) in [4.78, 5) is 24.6. The molecular formula is C15H14ClFN2O4. The minimum atomic E-state index is -1.17. The molecule has 0 radical (unpaired) electrons. The standard InChI is InChI=1S/C15H14ClFN2O4/c1-7(15(21)22)19(3)14(20)11-8(2)23-18-13(11)12-9(16)5-4-6-10(12)17/h4-7H,1-3H3,(H,21,22). The van der Waals surface area contributed by atoms with E-state index >= 15 is 0 Å². The third-order valence-corrected chi connectivity index (χ3v) is 3.85. The van der Waals surface area contributed by atoms with Gasteiger partial charge in [0.2, 0.25) is 0 Å². The number of aromatic nitrogens is 1. The zero-order valence-electron chi connectivity index (χ0n) is 12.6. The summed E-state index contributed by atoms with van der Waals surface area (Å²) in [5.41, 5.74) is -0.140. The van der Waals surface area contributed by atoms with E-state index in [9.17, 15) is 14.0 Å². The minimum Gasteiger partial charge on any atom is -0.480 e. The normalized spacial score (nSPS) is 12.0. The Labute approximate surface area is 136 Å². The van der Waals surface area contributed by atoms with Crippen LogP contribution in [-0.2, 0) is 4.79 Å². The lowest BCUT2D eigenvalue weighted by atomic mass is 10.0. The second kappa shape index (κ2) is 6.37. The second-order valence-corrected chi connectivity index (χ2v) is 5.40. The Bertz CT molecular complexity index is 755. The number of carboxylic acids is 1. The third kappa shape index (κ3) is 3.05. The van der Waals surface area contributed by atoms with Gasteiger partial charge in [-0.3, -0.25) is 4.79 Å². The maximum Gasteiger partial charge on any atom is 0.326 e. The smallest absolute Gasteiger partial charge is 0.326 e. The van der Waals surface area contributed by atoms with Crippen LogP contribution < -0.4 is 0 Å². The molecule has 1 N–H and O–H groups in total. The number of aliphatic carboxylic acids is 1. The Kier molecular flexibility index (Phi) is 4.70. The van der Waals surface area contributed by atoms with Crippen molar-refractivity contribution in [2.75, 3.05) is 7.05 Å². The molecule has 0 aliphatic rings. The van der Waals surface area contributed by atoms with Gasteiger partial charge in [-0.15, -0.1) is 0 Å². The van der Waals surface area contributed by atoms with E-state index in [0.717, 1.165) is 4.90 Å².